The van der Waals surface area contributed by atoms with Crippen LogP contribution in [0.25, 0.3) is 11.0 Å². The molecule has 0 saturated carbocycles. The van der Waals surface area contributed by atoms with E-state index in [-0.39, 0.29) is 23.1 Å². The van der Waals surface area contributed by atoms with Crippen LogP contribution in [0.15, 0.2) is 52.9 Å². The van der Waals surface area contributed by atoms with Gasteiger partial charge in [0.25, 0.3) is 0 Å². The Hall–Kier alpha value is -2.30. The summed E-state index contributed by atoms with van der Waals surface area (Å²) in [6.07, 6.45) is 0. The number of benzene rings is 2. The minimum Gasteiger partial charge on any atom is -0.450 e. The summed E-state index contributed by atoms with van der Waals surface area (Å²) in [7, 11) is 0. The number of anilines is 1. The maximum atomic E-state index is 12.7. The maximum absolute atomic E-state index is 12.7. The van der Waals surface area contributed by atoms with Crippen molar-refractivity contribution in [1.29, 1.82) is 0 Å². The lowest BCUT2D eigenvalue weighted by molar-refractivity contribution is -0.113. The highest BCUT2D eigenvalue weighted by Crippen LogP contribution is 2.34. The van der Waals surface area contributed by atoms with Gasteiger partial charge in [-0.1, -0.05) is 41.9 Å². The number of halogens is 2. The molecule has 1 amide bonds. The molecule has 116 valence electrons. The van der Waals surface area contributed by atoms with Crippen molar-refractivity contribution in [2.24, 2.45) is 0 Å². The van der Waals surface area contributed by atoms with Crippen LogP contribution in [0.3, 0.4) is 0 Å². The molecule has 0 radical (unpaired) electrons. The molecular weight excluding hydrogens is 337 g/mol. The molecule has 2 aromatic carbocycles. The summed E-state index contributed by atoms with van der Waals surface area (Å²) in [5, 5.41) is 3.64. The number of nitrogens with one attached hydrogen (secondary N) is 1. The highest BCUT2D eigenvalue weighted by molar-refractivity contribution is 6.32. The SMILES string of the molecule is O=C(CCl)Nc1c(C(=O)c2ccccc2)oc2ccc(Cl)cc12. The number of carbonyl (C=O) groups is 2. The molecule has 0 atom stereocenters. The summed E-state index contributed by atoms with van der Waals surface area (Å²) in [4.78, 5) is 24.4. The third-order valence-electron chi connectivity index (χ3n) is 3.28. The van der Waals surface area contributed by atoms with Gasteiger partial charge in [-0.25, -0.2) is 0 Å². The zero-order valence-corrected chi connectivity index (χ0v) is 13.3. The molecule has 0 aliphatic heterocycles. The van der Waals surface area contributed by atoms with Crippen molar-refractivity contribution in [3.8, 4) is 0 Å². The van der Waals surface area contributed by atoms with Gasteiger partial charge >= 0.3 is 0 Å². The minimum absolute atomic E-state index is 0.0481. The van der Waals surface area contributed by atoms with Crippen molar-refractivity contribution in [2.75, 3.05) is 11.2 Å². The lowest BCUT2D eigenvalue weighted by Crippen LogP contribution is -2.15. The highest BCUT2D eigenvalue weighted by atomic mass is 35.5. The topological polar surface area (TPSA) is 59.3 Å². The number of hydrogen-bond acceptors (Lipinski definition) is 3. The van der Waals surface area contributed by atoms with E-state index in [0.717, 1.165) is 0 Å². The monoisotopic (exact) mass is 347 g/mol. The average Bonchev–Trinajstić information content (AvgIpc) is 2.92. The van der Waals surface area contributed by atoms with E-state index in [1.165, 1.54) is 0 Å². The largest absolute Gasteiger partial charge is 0.450 e. The number of hydrogen-bond donors (Lipinski definition) is 1. The second-order valence-electron chi connectivity index (χ2n) is 4.82. The zero-order valence-electron chi connectivity index (χ0n) is 11.8. The Bertz CT molecular complexity index is 887. The fourth-order valence-electron chi connectivity index (χ4n) is 2.25. The van der Waals surface area contributed by atoms with Crippen LogP contribution in [0.2, 0.25) is 5.02 Å². The smallest absolute Gasteiger partial charge is 0.239 e. The molecule has 1 aromatic heterocycles. The Labute approximate surface area is 142 Å². The number of fused-ring (bicyclic) bond motifs is 1. The van der Waals surface area contributed by atoms with Gasteiger partial charge in [-0.3, -0.25) is 9.59 Å². The second kappa shape index (κ2) is 6.44. The van der Waals surface area contributed by atoms with Crippen molar-refractivity contribution in [3.05, 3.63) is 64.9 Å². The second-order valence-corrected chi connectivity index (χ2v) is 5.53. The van der Waals surface area contributed by atoms with E-state index in [0.29, 0.717) is 21.6 Å². The minimum atomic E-state index is -0.434. The molecule has 3 aromatic rings. The molecule has 23 heavy (non-hydrogen) atoms. The molecule has 0 unspecified atom stereocenters. The van der Waals surface area contributed by atoms with Crippen molar-refractivity contribution in [3.63, 3.8) is 0 Å². The standard InChI is InChI=1S/C17H11Cl2NO3/c18-9-14(21)20-15-12-8-11(19)6-7-13(12)23-17(15)16(22)10-4-2-1-3-5-10/h1-8H,9H2,(H,20,21). The molecule has 1 N–H and O–H groups in total. The molecule has 3 rings (SSSR count). The van der Waals surface area contributed by atoms with E-state index >= 15 is 0 Å². The first-order valence-electron chi connectivity index (χ1n) is 6.78. The molecule has 0 bridgehead atoms. The third-order valence-corrected chi connectivity index (χ3v) is 3.76. The molecule has 4 nitrogen and oxygen atoms in total. The average molecular weight is 348 g/mol. The van der Waals surface area contributed by atoms with E-state index < -0.39 is 5.91 Å². The number of furan rings is 1. The van der Waals surface area contributed by atoms with Crippen molar-refractivity contribution in [2.45, 2.75) is 0 Å². The first-order valence-corrected chi connectivity index (χ1v) is 7.69. The van der Waals surface area contributed by atoms with Crippen molar-refractivity contribution in [1.82, 2.24) is 0 Å². The summed E-state index contributed by atoms with van der Waals surface area (Å²) < 4.78 is 5.65. The Balaban J connectivity index is 2.17. The van der Waals surface area contributed by atoms with Crippen LogP contribution in [0.4, 0.5) is 5.69 Å². The van der Waals surface area contributed by atoms with Crippen molar-refractivity contribution >= 4 is 51.5 Å². The first kappa shape index (κ1) is 15.6. The van der Waals surface area contributed by atoms with Gasteiger partial charge in [-0.2, -0.15) is 0 Å². The summed E-state index contributed by atoms with van der Waals surface area (Å²) in [6.45, 7) is 0. The third kappa shape index (κ3) is 3.09. The summed E-state index contributed by atoms with van der Waals surface area (Å²) in [5.41, 5.74) is 1.19. The van der Waals surface area contributed by atoms with Gasteiger partial charge < -0.3 is 9.73 Å². The lowest BCUT2D eigenvalue weighted by Gasteiger charge is -2.04. The Morgan fingerprint density at radius 3 is 2.52 bits per heavy atom. The fraction of sp³-hybridized carbons (Fsp3) is 0.0588. The molecular formula is C17H11Cl2NO3. The van der Waals surface area contributed by atoms with Gasteiger partial charge in [0, 0.05) is 16.0 Å². The van der Waals surface area contributed by atoms with Crippen LogP contribution in [0, 0.1) is 0 Å². The van der Waals surface area contributed by atoms with Crippen LogP contribution in [-0.4, -0.2) is 17.6 Å². The predicted octanol–water partition coefficient (Wildman–Crippen LogP) is 4.49. The van der Waals surface area contributed by atoms with Crippen LogP contribution in [0.1, 0.15) is 16.1 Å². The number of carbonyl (C=O) groups excluding carboxylic acids is 2. The van der Waals surface area contributed by atoms with Crippen LogP contribution < -0.4 is 5.32 Å². The molecule has 0 aliphatic carbocycles. The molecule has 0 spiro atoms. The van der Waals surface area contributed by atoms with E-state index in [1.54, 1.807) is 42.5 Å². The van der Waals surface area contributed by atoms with Gasteiger partial charge in [0.2, 0.25) is 11.7 Å². The number of alkyl halides is 1. The summed E-state index contributed by atoms with van der Waals surface area (Å²) in [5.74, 6) is -0.946. The van der Waals surface area contributed by atoms with Crippen LogP contribution in [-0.2, 0) is 4.79 Å². The predicted molar refractivity (Wildman–Crippen MR) is 90.4 cm³/mol. The van der Waals surface area contributed by atoms with E-state index in [2.05, 4.69) is 5.32 Å². The van der Waals surface area contributed by atoms with Gasteiger partial charge in [0.1, 0.15) is 11.5 Å². The van der Waals surface area contributed by atoms with E-state index in [1.807, 2.05) is 6.07 Å². The summed E-state index contributed by atoms with van der Waals surface area (Å²) >= 11 is 11.5. The van der Waals surface area contributed by atoms with Gasteiger partial charge in [0.05, 0.1) is 5.69 Å². The Morgan fingerprint density at radius 2 is 1.83 bits per heavy atom. The van der Waals surface area contributed by atoms with Crippen LogP contribution >= 0.6 is 23.2 Å². The molecule has 0 aliphatic rings. The van der Waals surface area contributed by atoms with Crippen molar-refractivity contribution < 1.29 is 14.0 Å². The zero-order chi connectivity index (χ0) is 16.4. The van der Waals surface area contributed by atoms with Gasteiger partial charge in [-0.05, 0) is 18.2 Å². The van der Waals surface area contributed by atoms with Crippen LogP contribution in [0.5, 0.6) is 0 Å². The summed E-state index contributed by atoms with van der Waals surface area (Å²) in [6, 6.07) is 13.6. The molecule has 0 fully saturated rings. The van der Waals surface area contributed by atoms with Gasteiger partial charge in [0.15, 0.2) is 5.76 Å². The normalized spacial score (nSPS) is 10.7. The number of ketones is 1. The van der Waals surface area contributed by atoms with Gasteiger partial charge in [-0.15, -0.1) is 11.6 Å². The maximum Gasteiger partial charge on any atom is 0.239 e. The number of rotatable bonds is 4. The first-order chi connectivity index (χ1) is 11.1. The molecule has 0 saturated heterocycles. The Kier molecular flexibility index (Phi) is 4.37. The molecule has 1 heterocycles. The lowest BCUT2D eigenvalue weighted by atomic mass is 10.1. The quantitative estimate of drug-likeness (QED) is 0.558. The molecule has 6 heteroatoms. The number of amides is 1. The highest BCUT2D eigenvalue weighted by Gasteiger charge is 2.23. The fourth-order valence-corrected chi connectivity index (χ4v) is 2.49. The van der Waals surface area contributed by atoms with E-state index in [4.69, 9.17) is 27.6 Å². The van der Waals surface area contributed by atoms with E-state index in [9.17, 15) is 9.59 Å². The Morgan fingerprint density at radius 1 is 1.09 bits per heavy atom.